The molecule has 0 saturated carbocycles. The maximum Gasteiger partial charge on any atom is 0.133 e. The van der Waals surface area contributed by atoms with Crippen molar-refractivity contribution >= 4 is 15.9 Å². The summed E-state index contributed by atoms with van der Waals surface area (Å²) in [4.78, 5) is 0. The highest BCUT2D eigenvalue weighted by Crippen LogP contribution is 2.36. The van der Waals surface area contributed by atoms with Gasteiger partial charge in [0.15, 0.2) is 0 Å². The molecule has 1 saturated heterocycles. The number of ether oxygens (including phenoxy) is 3. The highest BCUT2D eigenvalue weighted by Gasteiger charge is 2.21. The Morgan fingerprint density at radius 3 is 2.65 bits per heavy atom. The van der Waals surface area contributed by atoms with Gasteiger partial charge in [-0.2, -0.15) is 0 Å². The zero-order chi connectivity index (χ0) is 12.3. The van der Waals surface area contributed by atoms with Gasteiger partial charge in [0, 0.05) is 12.1 Å². The number of nitrogens with one attached hydrogen (secondary N) is 1. The summed E-state index contributed by atoms with van der Waals surface area (Å²) in [5, 5.41) is 3.41. The van der Waals surface area contributed by atoms with Gasteiger partial charge in [-0.1, -0.05) is 0 Å². The van der Waals surface area contributed by atoms with Crippen LogP contribution in [-0.2, 0) is 4.74 Å². The lowest BCUT2D eigenvalue weighted by molar-refractivity contribution is 0.0760. The average molecular weight is 302 g/mol. The molecule has 0 spiro atoms. The van der Waals surface area contributed by atoms with Crippen molar-refractivity contribution in [2.45, 2.75) is 6.04 Å². The van der Waals surface area contributed by atoms with Crippen LogP contribution in [0.1, 0.15) is 11.6 Å². The zero-order valence-corrected chi connectivity index (χ0v) is 11.5. The van der Waals surface area contributed by atoms with Crippen LogP contribution >= 0.6 is 15.9 Å². The van der Waals surface area contributed by atoms with E-state index in [9.17, 15) is 0 Å². The summed E-state index contributed by atoms with van der Waals surface area (Å²) in [5.41, 5.74) is 1.06. The number of benzene rings is 1. The molecule has 17 heavy (non-hydrogen) atoms. The van der Waals surface area contributed by atoms with Gasteiger partial charge in [0.25, 0.3) is 0 Å². The molecule has 0 aromatic heterocycles. The van der Waals surface area contributed by atoms with E-state index in [0.29, 0.717) is 6.61 Å². The van der Waals surface area contributed by atoms with Gasteiger partial charge in [0.1, 0.15) is 11.5 Å². The van der Waals surface area contributed by atoms with Crippen molar-refractivity contribution in [3.05, 3.63) is 22.2 Å². The molecule has 1 heterocycles. The highest BCUT2D eigenvalue weighted by molar-refractivity contribution is 9.10. The first-order chi connectivity index (χ1) is 8.26. The number of methoxy groups -OCH3 is 2. The second kappa shape index (κ2) is 5.71. The second-order valence-electron chi connectivity index (χ2n) is 3.81. The molecule has 2 rings (SSSR count). The fourth-order valence-electron chi connectivity index (χ4n) is 1.92. The van der Waals surface area contributed by atoms with Gasteiger partial charge in [-0.15, -0.1) is 0 Å². The molecule has 0 amide bonds. The molecule has 1 aromatic carbocycles. The summed E-state index contributed by atoms with van der Waals surface area (Å²) in [6.45, 7) is 2.26. The monoisotopic (exact) mass is 301 g/mol. The predicted octanol–water partition coefficient (Wildman–Crippen LogP) is 2.13. The standard InChI is InChI=1S/C12H16BrNO3/c1-15-11-6-9(13)12(16-2)5-8(11)10-7-17-4-3-14-10/h5-6,10,14H,3-4,7H2,1-2H3/t10-/m0/s1. The van der Waals surface area contributed by atoms with Crippen molar-refractivity contribution in [3.8, 4) is 11.5 Å². The normalized spacial score (nSPS) is 20.1. The molecule has 1 atom stereocenters. The number of hydrogen-bond acceptors (Lipinski definition) is 4. The number of hydrogen-bond donors (Lipinski definition) is 1. The summed E-state index contributed by atoms with van der Waals surface area (Å²) < 4.78 is 17.1. The molecule has 0 bridgehead atoms. The lowest BCUT2D eigenvalue weighted by atomic mass is 10.1. The van der Waals surface area contributed by atoms with E-state index in [1.807, 2.05) is 12.1 Å². The average Bonchev–Trinajstić information content (AvgIpc) is 2.39. The van der Waals surface area contributed by atoms with E-state index >= 15 is 0 Å². The van der Waals surface area contributed by atoms with Crippen LogP contribution in [0, 0.1) is 0 Å². The molecule has 1 aliphatic heterocycles. The smallest absolute Gasteiger partial charge is 0.133 e. The molecule has 0 radical (unpaired) electrons. The van der Waals surface area contributed by atoms with Gasteiger partial charge in [-0.3, -0.25) is 0 Å². The SMILES string of the molecule is COc1cc([C@@H]2COCCN2)c(OC)cc1Br. The summed E-state index contributed by atoms with van der Waals surface area (Å²) in [6.07, 6.45) is 0. The molecule has 4 nitrogen and oxygen atoms in total. The Balaban J connectivity index is 2.35. The third-order valence-electron chi connectivity index (χ3n) is 2.80. The first-order valence-electron chi connectivity index (χ1n) is 5.48. The van der Waals surface area contributed by atoms with Gasteiger partial charge < -0.3 is 19.5 Å². The van der Waals surface area contributed by atoms with E-state index in [-0.39, 0.29) is 6.04 Å². The summed E-state index contributed by atoms with van der Waals surface area (Å²) in [7, 11) is 3.32. The Morgan fingerprint density at radius 2 is 2.06 bits per heavy atom. The maximum atomic E-state index is 5.47. The third kappa shape index (κ3) is 2.73. The zero-order valence-electron chi connectivity index (χ0n) is 9.96. The molecule has 0 unspecified atom stereocenters. The molecular weight excluding hydrogens is 286 g/mol. The Bertz CT molecular complexity index is 392. The molecular formula is C12H16BrNO3. The molecule has 5 heteroatoms. The quantitative estimate of drug-likeness (QED) is 0.928. The fourth-order valence-corrected chi connectivity index (χ4v) is 2.41. The lowest BCUT2D eigenvalue weighted by Gasteiger charge is -2.26. The van der Waals surface area contributed by atoms with E-state index in [1.54, 1.807) is 14.2 Å². The molecule has 1 aliphatic rings. The van der Waals surface area contributed by atoms with Crippen molar-refractivity contribution < 1.29 is 14.2 Å². The number of morpholine rings is 1. The Labute approximate surface area is 109 Å². The van der Waals surface area contributed by atoms with Crippen LogP contribution in [0.3, 0.4) is 0 Å². The van der Waals surface area contributed by atoms with E-state index in [4.69, 9.17) is 14.2 Å². The molecule has 0 aliphatic carbocycles. The van der Waals surface area contributed by atoms with Crippen LogP contribution in [0.15, 0.2) is 16.6 Å². The van der Waals surface area contributed by atoms with Gasteiger partial charge in [-0.25, -0.2) is 0 Å². The maximum absolute atomic E-state index is 5.47. The van der Waals surface area contributed by atoms with Crippen LogP contribution in [0.5, 0.6) is 11.5 Å². The predicted molar refractivity (Wildman–Crippen MR) is 68.8 cm³/mol. The van der Waals surface area contributed by atoms with Crippen LogP contribution in [0.2, 0.25) is 0 Å². The first-order valence-corrected chi connectivity index (χ1v) is 6.28. The van der Waals surface area contributed by atoms with E-state index in [0.717, 1.165) is 34.7 Å². The highest BCUT2D eigenvalue weighted by atomic mass is 79.9. The van der Waals surface area contributed by atoms with Gasteiger partial charge in [0.05, 0.1) is 37.9 Å². The van der Waals surface area contributed by atoms with E-state index in [2.05, 4.69) is 21.2 Å². The van der Waals surface area contributed by atoms with Crippen LogP contribution in [-0.4, -0.2) is 34.0 Å². The van der Waals surface area contributed by atoms with E-state index in [1.165, 1.54) is 0 Å². The van der Waals surface area contributed by atoms with Crippen LogP contribution in [0.4, 0.5) is 0 Å². The summed E-state index contributed by atoms with van der Waals surface area (Å²) in [5.74, 6) is 1.63. The fraction of sp³-hybridized carbons (Fsp3) is 0.500. The Kier molecular flexibility index (Phi) is 4.25. The number of rotatable bonds is 3. The van der Waals surface area contributed by atoms with E-state index < -0.39 is 0 Å². The molecule has 94 valence electrons. The van der Waals surface area contributed by atoms with Crippen molar-refractivity contribution in [2.24, 2.45) is 0 Å². The third-order valence-corrected chi connectivity index (χ3v) is 3.42. The van der Waals surface area contributed by atoms with Gasteiger partial charge in [-0.05, 0) is 28.1 Å². The minimum atomic E-state index is 0.153. The van der Waals surface area contributed by atoms with Crippen molar-refractivity contribution in [2.75, 3.05) is 34.0 Å². The minimum Gasteiger partial charge on any atom is -0.496 e. The first kappa shape index (κ1) is 12.7. The molecule has 1 aromatic rings. The Morgan fingerprint density at radius 1 is 1.29 bits per heavy atom. The van der Waals surface area contributed by atoms with Gasteiger partial charge in [0.2, 0.25) is 0 Å². The van der Waals surface area contributed by atoms with Crippen molar-refractivity contribution in [1.29, 1.82) is 0 Å². The second-order valence-corrected chi connectivity index (χ2v) is 4.66. The Hall–Kier alpha value is -0.780. The largest absolute Gasteiger partial charge is 0.496 e. The minimum absolute atomic E-state index is 0.153. The van der Waals surface area contributed by atoms with Crippen molar-refractivity contribution in [1.82, 2.24) is 5.32 Å². The van der Waals surface area contributed by atoms with Crippen LogP contribution in [0.25, 0.3) is 0 Å². The van der Waals surface area contributed by atoms with Crippen molar-refractivity contribution in [3.63, 3.8) is 0 Å². The summed E-state index contributed by atoms with van der Waals surface area (Å²) in [6, 6.07) is 4.06. The summed E-state index contributed by atoms with van der Waals surface area (Å²) >= 11 is 3.45. The topological polar surface area (TPSA) is 39.7 Å². The van der Waals surface area contributed by atoms with Gasteiger partial charge >= 0.3 is 0 Å². The lowest BCUT2D eigenvalue weighted by Crippen LogP contribution is -2.34. The molecule has 1 N–H and O–H groups in total. The number of halogens is 1. The van der Waals surface area contributed by atoms with Crippen LogP contribution < -0.4 is 14.8 Å². The molecule has 1 fully saturated rings.